The number of aliphatic hydroxyl groups is 2. The van der Waals surface area contributed by atoms with Crippen molar-refractivity contribution in [2.45, 2.75) is 18.6 Å². The number of aliphatic hydroxyl groups excluding tert-OH is 2. The third kappa shape index (κ3) is 3.53. The van der Waals surface area contributed by atoms with E-state index in [1.165, 1.54) is 0 Å². The molecule has 0 radical (unpaired) electrons. The molecule has 108 valence electrons. The summed E-state index contributed by atoms with van der Waals surface area (Å²) in [6.45, 7) is 0. The number of carboxylic acids is 2. The van der Waals surface area contributed by atoms with Crippen LogP contribution in [0.4, 0.5) is 0 Å². The van der Waals surface area contributed by atoms with Gasteiger partial charge in [0, 0.05) is 0 Å². The Morgan fingerprint density at radius 1 is 1.10 bits per heavy atom. The minimum Gasteiger partial charge on any atom is -0.478 e. The SMILES string of the molecule is NC(=O)CC(O)C(O)c1cc(C(=O)O)ccc1C(=O)O. The van der Waals surface area contributed by atoms with Crippen molar-refractivity contribution >= 4 is 17.8 Å². The molecule has 1 amide bonds. The van der Waals surface area contributed by atoms with E-state index in [0.29, 0.717) is 0 Å². The van der Waals surface area contributed by atoms with Crippen LogP contribution in [0.15, 0.2) is 18.2 Å². The lowest BCUT2D eigenvalue weighted by atomic mass is 9.95. The Labute approximate surface area is 113 Å². The summed E-state index contributed by atoms with van der Waals surface area (Å²) in [6, 6.07) is 2.99. The van der Waals surface area contributed by atoms with Crippen molar-refractivity contribution in [1.82, 2.24) is 0 Å². The molecule has 0 heterocycles. The van der Waals surface area contributed by atoms with Crippen LogP contribution >= 0.6 is 0 Å². The predicted octanol–water partition coefficient (Wildman–Crippen LogP) is -0.647. The number of primary amides is 1. The maximum atomic E-state index is 11.0. The molecule has 1 aromatic rings. The van der Waals surface area contributed by atoms with Crippen LogP contribution in [0.2, 0.25) is 0 Å². The molecule has 20 heavy (non-hydrogen) atoms. The number of aromatic carboxylic acids is 2. The van der Waals surface area contributed by atoms with Gasteiger partial charge in [0.05, 0.1) is 23.7 Å². The molecule has 0 aliphatic carbocycles. The highest BCUT2D eigenvalue weighted by Gasteiger charge is 2.26. The fourth-order valence-electron chi connectivity index (χ4n) is 1.66. The molecule has 0 fully saturated rings. The van der Waals surface area contributed by atoms with Crippen molar-refractivity contribution in [1.29, 1.82) is 0 Å². The Bertz CT molecular complexity index is 555. The first-order valence-corrected chi connectivity index (χ1v) is 5.49. The van der Waals surface area contributed by atoms with Crippen LogP contribution < -0.4 is 5.73 Å². The predicted molar refractivity (Wildman–Crippen MR) is 65.1 cm³/mol. The molecule has 8 nitrogen and oxygen atoms in total. The molecule has 1 rings (SSSR count). The molecular weight excluding hydrogens is 270 g/mol. The van der Waals surface area contributed by atoms with E-state index in [1.807, 2.05) is 0 Å². The average Bonchev–Trinajstić information content (AvgIpc) is 2.35. The molecule has 2 atom stereocenters. The van der Waals surface area contributed by atoms with E-state index in [2.05, 4.69) is 0 Å². The Hall–Kier alpha value is -2.45. The van der Waals surface area contributed by atoms with E-state index in [0.717, 1.165) is 18.2 Å². The van der Waals surface area contributed by atoms with Gasteiger partial charge in [0.15, 0.2) is 0 Å². The molecule has 1 aromatic carbocycles. The largest absolute Gasteiger partial charge is 0.478 e. The van der Waals surface area contributed by atoms with Gasteiger partial charge in [-0.3, -0.25) is 4.79 Å². The number of benzene rings is 1. The summed E-state index contributed by atoms with van der Waals surface area (Å²) in [4.78, 5) is 32.5. The first-order valence-electron chi connectivity index (χ1n) is 5.49. The van der Waals surface area contributed by atoms with Gasteiger partial charge in [0.1, 0.15) is 6.10 Å². The fraction of sp³-hybridized carbons (Fsp3) is 0.250. The maximum absolute atomic E-state index is 11.0. The van der Waals surface area contributed by atoms with Crippen LogP contribution in [-0.2, 0) is 4.79 Å². The van der Waals surface area contributed by atoms with Crippen molar-refractivity contribution in [3.8, 4) is 0 Å². The van der Waals surface area contributed by atoms with Crippen LogP contribution in [0.1, 0.15) is 38.8 Å². The number of rotatable bonds is 6. The Balaban J connectivity index is 3.24. The second-order valence-electron chi connectivity index (χ2n) is 4.09. The van der Waals surface area contributed by atoms with Crippen LogP contribution in [-0.4, -0.2) is 44.4 Å². The number of carbonyl (C=O) groups is 3. The topological polar surface area (TPSA) is 158 Å². The van der Waals surface area contributed by atoms with Crippen LogP contribution in [0.5, 0.6) is 0 Å². The molecule has 8 heteroatoms. The average molecular weight is 283 g/mol. The normalized spacial score (nSPS) is 13.5. The third-order valence-electron chi connectivity index (χ3n) is 2.62. The van der Waals surface area contributed by atoms with E-state index in [1.54, 1.807) is 0 Å². The zero-order valence-electron chi connectivity index (χ0n) is 10.2. The first-order chi connectivity index (χ1) is 9.23. The van der Waals surface area contributed by atoms with Gasteiger partial charge in [-0.05, 0) is 23.8 Å². The van der Waals surface area contributed by atoms with E-state index >= 15 is 0 Å². The number of hydrogen-bond donors (Lipinski definition) is 5. The lowest BCUT2D eigenvalue weighted by molar-refractivity contribution is -0.121. The van der Waals surface area contributed by atoms with Gasteiger partial charge in [-0.15, -0.1) is 0 Å². The van der Waals surface area contributed by atoms with Gasteiger partial charge in [0.2, 0.25) is 5.91 Å². The molecular formula is C12H13NO7. The molecule has 2 unspecified atom stereocenters. The summed E-state index contributed by atoms with van der Waals surface area (Å²) >= 11 is 0. The summed E-state index contributed by atoms with van der Waals surface area (Å²) in [5.74, 6) is -3.61. The van der Waals surface area contributed by atoms with Crippen molar-refractivity contribution in [2.75, 3.05) is 0 Å². The number of nitrogens with two attached hydrogens (primary N) is 1. The zero-order valence-corrected chi connectivity index (χ0v) is 10.2. The second kappa shape index (κ2) is 6.13. The second-order valence-corrected chi connectivity index (χ2v) is 4.09. The highest BCUT2D eigenvalue weighted by atomic mass is 16.4. The van der Waals surface area contributed by atoms with E-state index < -0.39 is 36.5 Å². The third-order valence-corrected chi connectivity index (χ3v) is 2.62. The van der Waals surface area contributed by atoms with E-state index in [4.69, 9.17) is 15.9 Å². The maximum Gasteiger partial charge on any atom is 0.336 e. The lowest BCUT2D eigenvalue weighted by Crippen LogP contribution is -2.27. The molecule has 6 N–H and O–H groups in total. The van der Waals surface area contributed by atoms with Gasteiger partial charge < -0.3 is 26.2 Å². The quantitative estimate of drug-likeness (QED) is 0.464. The minimum atomic E-state index is -1.74. The van der Waals surface area contributed by atoms with Crippen molar-refractivity contribution in [2.24, 2.45) is 5.73 Å². The summed E-state index contributed by atoms with van der Waals surface area (Å²) in [5, 5.41) is 37.3. The molecule has 0 saturated carbocycles. The van der Waals surface area contributed by atoms with Crippen LogP contribution in [0, 0.1) is 0 Å². The highest BCUT2D eigenvalue weighted by molar-refractivity contribution is 5.93. The Morgan fingerprint density at radius 2 is 1.70 bits per heavy atom. The summed E-state index contributed by atoms with van der Waals surface area (Å²) in [6.07, 6.45) is -3.96. The molecule has 0 aliphatic heterocycles. The highest BCUT2D eigenvalue weighted by Crippen LogP contribution is 2.24. The molecule has 0 aromatic heterocycles. The van der Waals surface area contributed by atoms with Crippen molar-refractivity contribution in [3.05, 3.63) is 34.9 Å². The van der Waals surface area contributed by atoms with E-state index in [9.17, 15) is 24.6 Å². The van der Waals surface area contributed by atoms with E-state index in [-0.39, 0.29) is 16.7 Å². The van der Waals surface area contributed by atoms with Gasteiger partial charge in [-0.2, -0.15) is 0 Å². The van der Waals surface area contributed by atoms with Gasteiger partial charge in [-0.1, -0.05) is 0 Å². The summed E-state index contributed by atoms with van der Waals surface area (Å²) < 4.78 is 0. The van der Waals surface area contributed by atoms with Crippen LogP contribution in [0.25, 0.3) is 0 Å². The van der Waals surface area contributed by atoms with Crippen molar-refractivity contribution in [3.63, 3.8) is 0 Å². The Morgan fingerprint density at radius 3 is 2.15 bits per heavy atom. The van der Waals surface area contributed by atoms with Gasteiger partial charge in [0.25, 0.3) is 0 Å². The number of amides is 1. The molecule has 0 aliphatic rings. The molecule has 0 bridgehead atoms. The summed E-state index contributed by atoms with van der Waals surface area (Å²) in [5.41, 5.74) is 3.94. The first kappa shape index (κ1) is 15.6. The number of hydrogen-bond acceptors (Lipinski definition) is 5. The summed E-state index contributed by atoms with van der Waals surface area (Å²) in [7, 11) is 0. The Kier molecular flexibility index (Phi) is 4.78. The fourth-order valence-corrected chi connectivity index (χ4v) is 1.66. The monoisotopic (exact) mass is 283 g/mol. The van der Waals surface area contributed by atoms with Crippen LogP contribution in [0.3, 0.4) is 0 Å². The van der Waals surface area contributed by atoms with Gasteiger partial charge >= 0.3 is 11.9 Å². The lowest BCUT2D eigenvalue weighted by Gasteiger charge is -2.19. The number of carboxylic acid groups (broad SMARTS) is 2. The smallest absolute Gasteiger partial charge is 0.336 e. The number of carbonyl (C=O) groups excluding carboxylic acids is 1. The van der Waals surface area contributed by atoms with Crippen molar-refractivity contribution < 1.29 is 34.8 Å². The zero-order chi connectivity index (χ0) is 15.4. The standard InChI is InChI=1S/C12H13NO7/c13-9(15)4-8(14)10(16)7-3-5(11(17)18)1-2-6(7)12(19)20/h1-3,8,10,14,16H,4H2,(H2,13,15)(H,17,18)(H,19,20). The molecule has 0 saturated heterocycles. The molecule has 0 spiro atoms. The van der Waals surface area contributed by atoms with Gasteiger partial charge in [-0.25, -0.2) is 9.59 Å². The minimum absolute atomic E-state index is 0.254.